The molecule has 0 radical (unpaired) electrons. The number of nitrogens with zero attached hydrogens (tertiary/aromatic N) is 2. The number of hydrogen-bond donors (Lipinski definition) is 1. The smallest absolute Gasteiger partial charge is 0.139 e. The lowest BCUT2D eigenvalue weighted by molar-refractivity contribution is 0.209. The van der Waals surface area contributed by atoms with Crippen LogP contribution in [0.2, 0.25) is 0 Å². The maximum atomic E-state index is 13.6. The highest BCUT2D eigenvalue weighted by Crippen LogP contribution is 2.30. The van der Waals surface area contributed by atoms with E-state index in [9.17, 15) is 4.39 Å². The summed E-state index contributed by atoms with van der Waals surface area (Å²) in [4.78, 5) is 4.58. The predicted molar refractivity (Wildman–Crippen MR) is 77.4 cm³/mol. The first-order valence-corrected chi connectivity index (χ1v) is 7.02. The summed E-state index contributed by atoms with van der Waals surface area (Å²) in [7, 11) is 0. The Labute approximate surface area is 116 Å². The highest BCUT2D eigenvalue weighted by molar-refractivity contribution is 9.10. The second-order valence-corrected chi connectivity index (χ2v) is 5.80. The van der Waals surface area contributed by atoms with Gasteiger partial charge >= 0.3 is 0 Å². The van der Waals surface area contributed by atoms with E-state index in [4.69, 9.17) is 5.73 Å². The summed E-state index contributed by atoms with van der Waals surface area (Å²) in [5.74, 6) is -0.259. The Morgan fingerprint density at radius 3 is 2.39 bits per heavy atom. The van der Waals surface area contributed by atoms with Gasteiger partial charge in [-0.05, 0) is 35.8 Å². The van der Waals surface area contributed by atoms with Crippen molar-refractivity contribution in [3.8, 4) is 0 Å². The quantitative estimate of drug-likeness (QED) is 0.852. The number of benzene rings is 1. The Hall–Kier alpha value is -0.810. The average Bonchev–Trinajstić information content (AvgIpc) is 2.34. The van der Waals surface area contributed by atoms with Crippen LogP contribution in [0, 0.1) is 5.82 Å². The van der Waals surface area contributed by atoms with Gasteiger partial charge in [0.2, 0.25) is 0 Å². The molecule has 5 heteroatoms. The first-order chi connectivity index (χ1) is 8.49. The molecule has 1 aliphatic rings. The molecule has 0 spiro atoms. The maximum absolute atomic E-state index is 13.6. The van der Waals surface area contributed by atoms with Crippen molar-refractivity contribution in [2.45, 2.75) is 19.9 Å². The average molecular weight is 316 g/mol. The van der Waals surface area contributed by atoms with E-state index in [1.165, 1.54) is 6.07 Å². The first-order valence-electron chi connectivity index (χ1n) is 6.22. The molecule has 18 heavy (non-hydrogen) atoms. The minimum Gasteiger partial charge on any atom is -0.397 e. The van der Waals surface area contributed by atoms with Crippen LogP contribution in [0.1, 0.15) is 13.8 Å². The maximum Gasteiger partial charge on any atom is 0.139 e. The van der Waals surface area contributed by atoms with Crippen LogP contribution in [0.3, 0.4) is 0 Å². The SMILES string of the molecule is CC(C)N1CCN(c2cc(F)c(Br)cc2N)CC1. The van der Waals surface area contributed by atoms with Gasteiger partial charge in [-0.25, -0.2) is 4.39 Å². The van der Waals surface area contributed by atoms with E-state index < -0.39 is 0 Å². The van der Waals surface area contributed by atoms with Crippen molar-refractivity contribution in [2.24, 2.45) is 0 Å². The van der Waals surface area contributed by atoms with Crippen molar-refractivity contribution >= 4 is 27.3 Å². The molecular formula is C13H19BrFN3. The van der Waals surface area contributed by atoms with E-state index in [-0.39, 0.29) is 5.82 Å². The third-order valence-corrected chi connectivity index (χ3v) is 4.06. The van der Waals surface area contributed by atoms with Crippen LogP contribution in [0.25, 0.3) is 0 Å². The van der Waals surface area contributed by atoms with Gasteiger partial charge in [0.25, 0.3) is 0 Å². The molecule has 2 rings (SSSR count). The standard InChI is InChI=1S/C13H19BrFN3/c1-9(2)17-3-5-18(6-4-17)13-8-11(15)10(14)7-12(13)16/h7-9H,3-6,16H2,1-2H3. The molecule has 0 aromatic heterocycles. The topological polar surface area (TPSA) is 32.5 Å². The molecule has 0 saturated carbocycles. The monoisotopic (exact) mass is 315 g/mol. The summed E-state index contributed by atoms with van der Waals surface area (Å²) < 4.78 is 14.0. The first kappa shape index (κ1) is 13.6. The normalized spacial score (nSPS) is 17.5. The summed E-state index contributed by atoms with van der Waals surface area (Å²) in [6.07, 6.45) is 0. The molecule has 0 unspecified atom stereocenters. The number of halogens is 2. The van der Waals surface area contributed by atoms with Crippen molar-refractivity contribution in [2.75, 3.05) is 36.8 Å². The van der Waals surface area contributed by atoms with Crippen LogP contribution in [0.5, 0.6) is 0 Å². The highest BCUT2D eigenvalue weighted by Gasteiger charge is 2.21. The summed E-state index contributed by atoms with van der Waals surface area (Å²) in [6.45, 7) is 8.17. The summed E-state index contributed by atoms with van der Waals surface area (Å²) in [6, 6.07) is 3.72. The van der Waals surface area contributed by atoms with Crippen molar-refractivity contribution < 1.29 is 4.39 Å². The Bertz CT molecular complexity index is 428. The number of nitrogens with two attached hydrogens (primary N) is 1. The zero-order valence-electron chi connectivity index (χ0n) is 10.8. The molecule has 1 heterocycles. The lowest BCUT2D eigenvalue weighted by Crippen LogP contribution is -2.49. The predicted octanol–water partition coefficient (Wildman–Crippen LogP) is 2.70. The Balaban J connectivity index is 2.12. The van der Waals surface area contributed by atoms with Crippen molar-refractivity contribution in [1.82, 2.24) is 4.90 Å². The number of rotatable bonds is 2. The Kier molecular flexibility index (Phi) is 4.12. The van der Waals surface area contributed by atoms with Crippen molar-refractivity contribution in [3.63, 3.8) is 0 Å². The van der Waals surface area contributed by atoms with Gasteiger partial charge in [0.1, 0.15) is 5.82 Å². The number of piperazine rings is 1. The largest absolute Gasteiger partial charge is 0.397 e. The van der Waals surface area contributed by atoms with Gasteiger partial charge in [0.05, 0.1) is 15.8 Å². The van der Waals surface area contributed by atoms with Gasteiger partial charge in [-0.15, -0.1) is 0 Å². The molecule has 0 aliphatic carbocycles. The summed E-state index contributed by atoms with van der Waals surface area (Å²) in [5.41, 5.74) is 7.39. The Morgan fingerprint density at radius 2 is 1.83 bits per heavy atom. The summed E-state index contributed by atoms with van der Waals surface area (Å²) >= 11 is 3.15. The zero-order valence-corrected chi connectivity index (χ0v) is 12.4. The minimum absolute atomic E-state index is 0.259. The molecule has 0 amide bonds. The molecule has 0 atom stereocenters. The second kappa shape index (κ2) is 5.45. The minimum atomic E-state index is -0.259. The van der Waals surface area contributed by atoms with E-state index in [2.05, 4.69) is 39.6 Å². The number of hydrogen-bond acceptors (Lipinski definition) is 3. The molecule has 2 N–H and O–H groups in total. The van der Waals surface area contributed by atoms with Crippen LogP contribution in [-0.2, 0) is 0 Å². The highest BCUT2D eigenvalue weighted by atomic mass is 79.9. The van der Waals surface area contributed by atoms with Crippen LogP contribution in [0.15, 0.2) is 16.6 Å². The molecule has 1 aromatic carbocycles. The zero-order chi connectivity index (χ0) is 13.3. The van der Waals surface area contributed by atoms with Gasteiger partial charge in [-0.2, -0.15) is 0 Å². The fourth-order valence-electron chi connectivity index (χ4n) is 2.30. The van der Waals surface area contributed by atoms with Gasteiger partial charge < -0.3 is 10.6 Å². The van der Waals surface area contributed by atoms with Gasteiger partial charge in [-0.3, -0.25) is 4.90 Å². The molecule has 1 aromatic rings. The third kappa shape index (κ3) is 2.78. The molecule has 1 fully saturated rings. The molecular weight excluding hydrogens is 297 g/mol. The molecule has 100 valence electrons. The van der Waals surface area contributed by atoms with E-state index in [0.29, 0.717) is 16.2 Å². The van der Waals surface area contributed by atoms with Crippen molar-refractivity contribution in [1.29, 1.82) is 0 Å². The van der Waals surface area contributed by atoms with Crippen LogP contribution in [-0.4, -0.2) is 37.1 Å². The van der Waals surface area contributed by atoms with E-state index in [0.717, 1.165) is 31.9 Å². The van der Waals surface area contributed by atoms with E-state index >= 15 is 0 Å². The van der Waals surface area contributed by atoms with E-state index in [1.54, 1.807) is 6.07 Å². The third-order valence-electron chi connectivity index (χ3n) is 3.45. The van der Waals surface area contributed by atoms with Gasteiger partial charge in [-0.1, -0.05) is 0 Å². The van der Waals surface area contributed by atoms with Crippen LogP contribution >= 0.6 is 15.9 Å². The second-order valence-electron chi connectivity index (χ2n) is 4.94. The molecule has 0 bridgehead atoms. The van der Waals surface area contributed by atoms with Crippen LogP contribution < -0.4 is 10.6 Å². The Morgan fingerprint density at radius 1 is 1.22 bits per heavy atom. The van der Waals surface area contributed by atoms with Gasteiger partial charge in [0, 0.05) is 38.3 Å². The number of anilines is 2. The summed E-state index contributed by atoms with van der Waals surface area (Å²) in [5, 5.41) is 0. The lowest BCUT2D eigenvalue weighted by Gasteiger charge is -2.38. The fourth-order valence-corrected chi connectivity index (χ4v) is 2.67. The van der Waals surface area contributed by atoms with E-state index in [1.807, 2.05) is 0 Å². The van der Waals surface area contributed by atoms with Gasteiger partial charge in [0.15, 0.2) is 0 Å². The molecule has 1 aliphatic heterocycles. The van der Waals surface area contributed by atoms with Crippen LogP contribution in [0.4, 0.5) is 15.8 Å². The molecule has 1 saturated heterocycles. The molecule has 3 nitrogen and oxygen atoms in total. The van der Waals surface area contributed by atoms with Crippen molar-refractivity contribution in [3.05, 3.63) is 22.4 Å². The lowest BCUT2D eigenvalue weighted by atomic mass is 10.2. The number of nitrogen functional groups attached to an aromatic ring is 1. The fraction of sp³-hybridized carbons (Fsp3) is 0.538.